The third-order valence-electron chi connectivity index (χ3n) is 5.06. The van der Waals surface area contributed by atoms with Gasteiger partial charge in [-0.3, -0.25) is 10.1 Å². The summed E-state index contributed by atoms with van der Waals surface area (Å²) in [6.45, 7) is 5.90. The lowest BCUT2D eigenvalue weighted by molar-refractivity contribution is 0.102. The summed E-state index contributed by atoms with van der Waals surface area (Å²) in [6, 6.07) is 12.3. The minimum atomic E-state index is -0.320. The van der Waals surface area contributed by atoms with Crippen LogP contribution in [0.5, 0.6) is 0 Å². The standard InChI is InChI=1S/C23H18FN5OS2/c1-12-4-9-17(13(2)10-12)18-11-31-23-27-22(28-29(18)23)26-20(30)19-14(3)25-21(32-19)15-5-7-16(24)8-6-15/h4-11H,1-3H3,(H,26,28,30). The Hall–Kier alpha value is -3.43. The predicted octanol–water partition coefficient (Wildman–Crippen LogP) is 5.90. The molecule has 6 nitrogen and oxygen atoms in total. The average molecular weight is 464 g/mol. The molecule has 0 bridgehead atoms. The van der Waals surface area contributed by atoms with Crippen molar-refractivity contribution < 1.29 is 9.18 Å². The van der Waals surface area contributed by atoms with Crippen LogP contribution in [0.3, 0.4) is 0 Å². The number of hydrogen-bond acceptors (Lipinski definition) is 6. The van der Waals surface area contributed by atoms with E-state index in [-0.39, 0.29) is 17.7 Å². The van der Waals surface area contributed by atoms with E-state index in [1.165, 1.54) is 40.4 Å². The van der Waals surface area contributed by atoms with Gasteiger partial charge in [0.1, 0.15) is 15.7 Å². The van der Waals surface area contributed by atoms with E-state index in [9.17, 15) is 9.18 Å². The Labute approximate surface area is 191 Å². The Kier molecular flexibility index (Phi) is 5.07. The van der Waals surface area contributed by atoms with Crippen molar-refractivity contribution in [3.63, 3.8) is 0 Å². The molecule has 0 aliphatic heterocycles. The summed E-state index contributed by atoms with van der Waals surface area (Å²) in [5.74, 6) is -0.394. The average Bonchev–Trinajstić information content (AvgIpc) is 3.43. The number of fused-ring (bicyclic) bond motifs is 1. The second kappa shape index (κ2) is 7.92. The van der Waals surface area contributed by atoms with Crippen LogP contribution in [0.2, 0.25) is 0 Å². The highest BCUT2D eigenvalue weighted by Gasteiger charge is 2.19. The van der Waals surface area contributed by atoms with Crippen LogP contribution in [0.25, 0.3) is 26.8 Å². The molecule has 0 atom stereocenters. The van der Waals surface area contributed by atoms with Gasteiger partial charge in [-0.2, -0.15) is 4.98 Å². The van der Waals surface area contributed by atoms with Crippen molar-refractivity contribution in [3.8, 4) is 21.8 Å². The monoisotopic (exact) mass is 463 g/mol. The number of thiazole rings is 2. The summed E-state index contributed by atoms with van der Waals surface area (Å²) < 4.78 is 15.0. The van der Waals surface area contributed by atoms with Crippen LogP contribution in [0.15, 0.2) is 47.8 Å². The van der Waals surface area contributed by atoms with Gasteiger partial charge in [-0.15, -0.1) is 27.8 Å². The molecule has 9 heteroatoms. The normalized spacial score (nSPS) is 11.2. The zero-order valence-corrected chi connectivity index (χ0v) is 19.1. The number of rotatable bonds is 4. The molecule has 3 aromatic heterocycles. The quantitative estimate of drug-likeness (QED) is 0.360. The smallest absolute Gasteiger partial charge is 0.270 e. The lowest BCUT2D eigenvalue weighted by Gasteiger charge is -2.05. The molecule has 0 radical (unpaired) electrons. The van der Waals surface area contributed by atoms with Crippen molar-refractivity contribution in [1.29, 1.82) is 0 Å². The van der Waals surface area contributed by atoms with Gasteiger partial charge in [-0.1, -0.05) is 23.8 Å². The molecular weight excluding hydrogens is 445 g/mol. The maximum atomic E-state index is 13.2. The molecule has 0 fully saturated rings. The summed E-state index contributed by atoms with van der Waals surface area (Å²) in [7, 11) is 0. The Morgan fingerprint density at radius 2 is 1.84 bits per heavy atom. The zero-order chi connectivity index (χ0) is 22.4. The number of amides is 1. The molecule has 32 heavy (non-hydrogen) atoms. The number of nitrogens with one attached hydrogen (secondary N) is 1. The highest BCUT2D eigenvalue weighted by atomic mass is 32.1. The first kappa shape index (κ1) is 20.5. The number of anilines is 1. The van der Waals surface area contributed by atoms with Crippen LogP contribution in [0.4, 0.5) is 10.3 Å². The molecule has 0 aliphatic carbocycles. The topological polar surface area (TPSA) is 72.2 Å². The number of benzene rings is 2. The van der Waals surface area contributed by atoms with E-state index < -0.39 is 0 Å². The highest BCUT2D eigenvalue weighted by Crippen LogP contribution is 2.30. The Balaban J connectivity index is 1.42. The zero-order valence-electron chi connectivity index (χ0n) is 17.5. The SMILES string of the molecule is Cc1ccc(-c2csc3nc(NC(=O)c4sc(-c5ccc(F)cc5)nc4C)nn23)c(C)c1. The van der Waals surface area contributed by atoms with E-state index in [0.717, 1.165) is 22.4 Å². The van der Waals surface area contributed by atoms with Gasteiger partial charge in [0.2, 0.25) is 4.96 Å². The minimum Gasteiger partial charge on any atom is -0.288 e. The molecule has 0 spiro atoms. The van der Waals surface area contributed by atoms with Gasteiger partial charge in [0.15, 0.2) is 0 Å². The fourth-order valence-electron chi connectivity index (χ4n) is 3.50. The lowest BCUT2D eigenvalue weighted by atomic mass is 10.0. The fraction of sp³-hybridized carbons (Fsp3) is 0.130. The van der Waals surface area contributed by atoms with Crippen LogP contribution in [-0.2, 0) is 0 Å². The fourth-order valence-corrected chi connectivity index (χ4v) is 5.29. The molecule has 160 valence electrons. The summed E-state index contributed by atoms with van der Waals surface area (Å²) in [5, 5.41) is 9.97. The first-order valence-electron chi connectivity index (χ1n) is 9.85. The molecule has 0 saturated heterocycles. The van der Waals surface area contributed by atoms with Gasteiger partial charge in [-0.05, 0) is 50.6 Å². The van der Waals surface area contributed by atoms with Crippen molar-refractivity contribution in [2.75, 3.05) is 5.32 Å². The van der Waals surface area contributed by atoms with Crippen LogP contribution >= 0.6 is 22.7 Å². The highest BCUT2D eigenvalue weighted by molar-refractivity contribution is 7.17. The minimum absolute atomic E-state index is 0.240. The molecule has 1 amide bonds. The van der Waals surface area contributed by atoms with E-state index in [2.05, 4.69) is 52.4 Å². The molecule has 1 N–H and O–H groups in total. The molecule has 0 aliphatic rings. The van der Waals surface area contributed by atoms with E-state index in [1.54, 1.807) is 23.6 Å². The number of carbonyl (C=O) groups excluding carboxylic acids is 1. The van der Waals surface area contributed by atoms with Gasteiger partial charge in [0, 0.05) is 16.5 Å². The molecule has 5 rings (SSSR count). The predicted molar refractivity (Wildman–Crippen MR) is 126 cm³/mol. The van der Waals surface area contributed by atoms with E-state index in [4.69, 9.17) is 0 Å². The van der Waals surface area contributed by atoms with Crippen LogP contribution < -0.4 is 5.32 Å². The van der Waals surface area contributed by atoms with Gasteiger partial charge >= 0.3 is 0 Å². The summed E-state index contributed by atoms with van der Waals surface area (Å²) >= 11 is 2.72. The molecular formula is C23H18FN5OS2. The Morgan fingerprint density at radius 1 is 1.06 bits per heavy atom. The molecule has 2 aromatic carbocycles. The van der Waals surface area contributed by atoms with Crippen molar-refractivity contribution in [2.24, 2.45) is 0 Å². The lowest BCUT2D eigenvalue weighted by Crippen LogP contribution is -2.12. The molecule has 0 unspecified atom stereocenters. The largest absolute Gasteiger partial charge is 0.288 e. The number of halogens is 1. The van der Waals surface area contributed by atoms with Crippen molar-refractivity contribution in [2.45, 2.75) is 20.8 Å². The van der Waals surface area contributed by atoms with Gasteiger partial charge in [0.05, 0.1) is 11.4 Å². The number of nitrogens with zero attached hydrogens (tertiary/aromatic N) is 4. The second-order valence-corrected chi connectivity index (χ2v) is 9.30. The third kappa shape index (κ3) is 3.69. The molecule has 0 saturated carbocycles. The first-order chi connectivity index (χ1) is 15.4. The Bertz CT molecular complexity index is 1470. The molecule has 3 heterocycles. The Morgan fingerprint density at radius 3 is 2.59 bits per heavy atom. The van der Waals surface area contributed by atoms with E-state index >= 15 is 0 Å². The first-order valence-corrected chi connectivity index (χ1v) is 11.6. The number of aryl methyl sites for hydroxylation is 3. The van der Waals surface area contributed by atoms with E-state index in [0.29, 0.717) is 20.5 Å². The van der Waals surface area contributed by atoms with Gasteiger partial charge in [0.25, 0.3) is 11.9 Å². The van der Waals surface area contributed by atoms with E-state index in [1.807, 2.05) is 5.38 Å². The summed E-state index contributed by atoms with van der Waals surface area (Å²) in [5.41, 5.74) is 5.72. The maximum absolute atomic E-state index is 13.2. The number of carbonyl (C=O) groups is 1. The van der Waals surface area contributed by atoms with Crippen molar-refractivity contribution in [3.05, 3.63) is 75.4 Å². The number of hydrogen-bond donors (Lipinski definition) is 1. The summed E-state index contributed by atoms with van der Waals surface area (Å²) in [4.78, 5) is 23.0. The summed E-state index contributed by atoms with van der Waals surface area (Å²) in [6.07, 6.45) is 0. The molecule has 5 aromatic rings. The third-order valence-corrected chi connectivity index (χ3v) is 7.08. The van der Waals surface area contributed by atoms with Gasteiger partial charge < -0.3 is 0 Å². The second-order valence-electron chi connectivity index (χ2n) is 7.46. The van der Waals surface area contributed by atoms with Crippen LogP contribution in [0.1, 0.15) is 26.5 Å². The van der Waals surface area contributed by atoms with Crippen molar-refractivity contribution >= 4 is 39.5 Å². The van der Waals surface area contributed by atoms with Crippen LogP contribution in [-0.4, -0.2) is 25.5 Å². The maximum Gasteiger partial charge on any atom is 0.270 e. The number of aromatic nitrogens is 4. The van der Waals surface area contributed by atoms with Gasteiger partial charge in [-0.25, -0.2) is 13.9 Å². The van der Waals surface area contributed by atoms with Crippen LogP contribution in [0, 0.1) is 26.6 Å². The van der Waals surface area contributed by atoms with Crippen molar-refractivity contribution in [1.82, 2.24) is 19.6 Å².